The molecule has 0 aromatic heterocycles. The highest BCUT2D eigenvalue weighted by Crippen LogP contribution is 2.20. The van der Waals surface area contributed by atoms with Crippen LogP contribution in [0, 0.1) is 12.8 Å². The van der Waals surface area contributed by atoms with Crippen molar-refractivity contribution in [2.24, 2.45) is 0 Å². The minimum atomic E-state index is 0.293. The third-order valence-corrected chi connectivity index (χ3v) is 2.40. The number of para-hydroxylation sites is 1. The van der Waals surface area contributed by atoms with Crippen LogP contribution in [-0.4, -0.2) is 5.11 Å². The summed E-state index contributed by atoms with van der Waals surface area (Å²) in [4.78, 5) is 0. The zero-order valence-corrected chi connectivity index (χ0v) is 11.9. The number of terminal acetylenes is 1. The Hall–Kier alpha value is -2.20. The van der Waals surface area contributed by atoms with Gasteiger partial charge in [-0.25, -0.2) is 0 Å². The second kappa shape index (κ2) is 8.83. The van der Waals surface area contributed by atoms with Crippen molar-refractivity contribution in [3.05, 3.63) is 66.2 Å². The molecular formula is C18H22O. The second-order valence-corrected chi connectivity index (χ2v) is 4.95. The van der Waals surface area contributed by atoms with Gasteiger partial charge in [0.05, 0.1) is 0 Å². The fraction of sp³-hybridized carbons (Fsp3) is 0.222. The van der Waals surface area contributed by atoms with Crippen LogP contribution in [0.5, 0.6) is 5.75 Å². The van der Waals surface area contributed by atoms with Crippen LogP contribution in [0.25, 0.3) is 0 Å². The summed E-state index contributed by atoms with van der Waals surface area (Å²) >= 11 is 0. The van der Waals surface area contributed by atoms with Crippen LogP contribution in [0.1, 0.15) is 26.3 Å². The predicted octanol–water partition coefficient (Wildman–Crippen LogP) is 4.63. The molecule has 100 valence electrons. The van der Waals surface area contributed by atoms with Crippen LogP contribution in [0.2, 0.25) is 0 Å². The van der Waals surface area contributed by atoms with Crippen molar-refractivity contribution in [1.82, 2.24) is 0 Å². The highest BCUT2D eigenvalue weighted by Gasteiger charge is 2.11. The molecule has 0 saturated heterocycles. The molecule has 19 heavy (non-hydrogen) atoms. The van der Waals surface area contributed by atoms with Gasteiger partial charge in [-0.15, -0.1) is 12.8 Å². The number of aromatic hydroxyl groups is 1. The van der Waals surface area contributed by atoms with Crippen LogP contribution in [0.15, 0.2) is 60.7 Å². The number of hydrogen-bond acceptors (Lipinski definition) is 1. The molecule has 2 aromatic rings. The van der Waals surface area contributed by atoms with Crippen molar-refractivity contribution < 1.29 is 5.11 Å². The summed E-state index contributed by atoms with van der Waals surface area (Å²) in [6.07, 6.45) is 8.00. The molecule has 0 aliphatic heterocycles. The number of hydrogen-bond donors (Lipinski definition) is 1. The largest absolute Gasteiger partial charge is 0.508 e. The highest BCUT2D eigenvalue weighted by molar-refractivity contribution is 5.22. The van der Waals surface area contributed by atoms with Crippen LogP contribution in [-0.2, 0) is 5.41 Å². The van der Waals surface area contributed by atoms with Gasteiger partial charge in [-0.05, 0) is 23.1 Å². The summed E-state index contributed by atoms with van der Waals surface area (Å²) in [5, 5.41) is 8.63. The Morgan fingerprint density at radius 3 is 1.32 bits per heavy atom. The van der Waals surface area contributed by atoms with E-state index in [1.165, 1.54) is 5.56 Å². The van der Waals surface area contributed by atoms with Crippen LogP contribution >= 0.6 is 0 Å². The summed E-state index contributed by atoms with van der Waals surface area (Å²) < 4.78 is 0. The van der Waals surface area contributed by atoms with Gasteiger partial charge >= 0.3 is 0 Å². The fourth-order valence-electron chi connectivity index (χ4n) is 1.37. The number of rotatable bonds is 0. The smallest absolute Gasteiger partial charge is 0.115 e. The summed E-state index contributed by atoms with van der Waals surface area (Å²) in [5.74, 6) is 0.322. The Morgan fingerprint density at radius 1 is 0.737 bits per heavy atom. The fourth-order valence-corrected chi connectivity index (χ4v) is 1.37. The molecule has 0 amide bonds. The first-order valence-electron chi connectivity index (χ1n) is 6.13. The lowest BCUT2D eigenvalue weighted by atomic mass is 9.87. The summed E-state index contributed by atoms with van der Waals surface area (Å²) in [5.41, 5.74) is 1.69. The van der Waals surface area contributed by atoms with Gasteiger partial charge in [0.2, 0.25) is 0 Å². The van der Waals surface area contributed by atoms with E-state index >= 15 is 0 Å². The molecule has 2 aromatic carbocycles. The molecule has 0 bridgehead atoms. The number of benzene rings is 2. The van der Waals surface area contributed by atoms with Crippen molar-refractivity contribution in [3.8, 4) is 18.6 Å². The van der Waals surface area contributed by atoms with Gasteiger partial charge < -0.3 is 5.11 Å². The molecule has 2 rings (SSSR count). The minimum absolute atomic E-state index is 0.293. The Labute approximate surface area is 116 Å². The van der Waals surface area contributed by atoms with E-state index in [0.717, 1.165) is 0 Å². The van der Waals surface area contributed by atoms with E-state index in [0.29, 0.717) is 11.2 Å². The molecule has 0 aliphatic rings. The zero-order chi connectivity index (χ0) is 14.7. The first-order chi connectivity index (χ1) is 9.00. The standard InChI is InChI=1S/C10H14.C6H6O.C2H2/c1-10(2,3)9-7-5-4-6-8-9;7-6-4-2-1-3-5-6;1-2/h4-8H,1-3H3;1-5,7H;1-2H. The van der Waals surface area contributed by atoms with Crippen molar-refractivity contribution >= 4 is 0 Å². The summed E-state index contributed by atoms with van der Waals surface area (Å²) in [6.45, 7) is 6.67. The minimum Gasteiger partial charge on any atom is -0.508 e. The van der Waals surface area contributed by atoms with Crippen LogP contribution in [0.4, 0.5) is 0 Å². The average molecular weight is 254 g/mol. The van der Waals surface area contributed by atoms with Gasteiger partial charge in [-0.1, -0.05) is 69.3 Å². The molecule has 0 saturated carbocycles. The molecule has 0 spiro atoms. The molecule has 0 atom stereocenters. The summed E-state index contributed by atoms with van der Waals surface area (Å²) in [7, 11) is 0. The lowest BCUT2D eigenvalue weighted by molar-refractivity contribution is 0.475. The zero-order valence-electron chi connectivity index (χ0n) is 11.9. The topological polar surface area (TPSA) is 20.2 Å². The molecule has 1 heteroatoms. The van der Waals surface area contributed by atoms with Gasteiger partial charge in [-0.2, -0.15) is 0 Å². The lowest BCUT2D eigenvalue weighted by Crippen LogP contribution is -2.10. The van der Waals surface area contributed by atoms with E-state index in [2.05, 4.69) is 63.9 Å². The molecule has 0 radical (unpaired) electrons. The van der Waals surface area contributed by atoms with Crippen LogP contribution in [0.3, 0.4) is 0 Å². The molecule has 0 unspecified atom stereocenters. The third kappa shape index (κ3) is 7.68. The first kappa shape index (κ1) is 16.8. The molecule has 1 nitrogen and oxygen atoms in total. The van der Waals surface area contributed by atoms with Gasteiger partial charge in [0, 0.05) is 0 Å². The van der Waals surface area contributed by atoms with E-state index in [1.807, 2.05) is 6.07 Å². The maximum Gasteiger partial charge on any atom is 0.115 e. The number of phenols is 1. The van der Waals surface area contributed by atoms with Gasteiger partial charge in [-0.3, -0.25) is 0 Å². The summed E-state index contributed by atoms with van der Waals surface area (Å²) in [6, 6.07) is 19.3. The molecule has 0 heterocycles. The van der Waals surface area contributed by atoms with Crippen molar-refractivity contribution in [1.29, 1.82) is 0 Å². The Kier molecular flexibility index (Phi) is 7.81. The van der Waals surface area contributed by atoms with Gasteiger partial charge in [0.15, 0.2) is 0 Å². The molecule has 0 fully saturated rings. The highest BCUT2D eigenvalue weighted by atomic mass is 16.3. The third-order valence-electron chi connectivity index (χ3n) is 2.40. The van der Waals surface area contributed by atoms with Crippen LogP contribution < -0.4 is 0 Å². The van der Waals surface area contributed by atoms with Crippen molar-refractivity contribution in [2.75, 3.05) is 0 Å². The first-order valence-corrected chi connectivity index (χ1v) is 6.13. The van der Waals surface area contributed by atoms with Crippen molar-refractivity contribution in [2.45, 2.75) is 26.2 Å². The Balaban J connectivity index is 0.000000316. The quantitative estimate of drug-likeness (QED) is 0.680. The second-order valence-electron chi connectivity index (χ2n) is 4.95. The van der Waals surface area contributed by atoms with E-state index in [4.69, 9.17) is 5.11 Å². The van der Waals surface area contributed by atoms with E-state index in [1.54, 1.807) is 24.3 Å². The Bertz CT molecular complexity index is 449. The van der Waals surface area contributed by atoms with E-state index in [-0.39, 0.29) is 0 Å². The Morgan fingerprint density at radius 2 is 1.11 bits per heavy atom. The maximum absolute atomic E-state index is 8.63. The average Bonchev–Trinajstić information content (AvgIpc) is 2.43. The molecular weight excluding hydrogens is 232 g/mol. The normalized spacial score (nSPS) is 9.32. The van der Waals surface area contributed by atoms with Crippen molar-refractivity contribution in [3.63, 3.8) is 0 Å². The van der Waals surface area contributed by atoms with Gasteiger partial charge in [0.1, 0.15) is 5.75 Å². The monoisotopic (exact) mass is 254 g/mol. The SMILES string of the molecule is C#C.CC(C)(C)c1ccccc1.Oc1ccccc1. The van der Waals surface area contributed by atoms with Gasteiger partial charge in [0.25, 0.3) is 0 Å². The number of phenolic OH excluding ortho intramolecular Hbond substituents is 1. The predicted molar refractivity (Wildman–Crippen MR) is 83.1 cm³/mol. The molecule has 1 N–H and O–H groups in total. The maximum atomic E-state index is 8.63. The van der Waals surface area contributed by atoms with E-state index in [9.17, 15) is 0 Å². The van der Waals surface area contributed by atoms with E-state index < -0.39 is 0 Å². The lowest BCUT2D eigenvalue weighted by Gasteiger charge is -2.18. The molecule has 0 aliphatic carbocycles.